The van der Waals surface area contributed by atoms with Crippen LogP contribution in [-0.4, -0.2) is 30.4 Å². The van der Waals surface area contributed by atoms with Crippen molar-refractivity contribution in [2.75, 3.05) is 19.0 Å². The molecular weight excluding hydrogens is 448 g/mol. The van der Waals surface area contributed by atoms with E-state index >= 15 is 0 Å². The minimum absolute atomic E-state index is 0.0256. The van der Waals surface area contributed by atoms with Crippen LogP contribution in [0.25, 0.3) is 21.5 Å². The molecule has 2 heteroatoms. The third-order valence-corrected chi connectivity index (χ3v) is 9.75. The Hall–Kier alpha value is -3.13. The van der Waals surface area contributed by atoms with E-state index in [1.54, 1.807) is 0 Å². The van der Waals surface area contributed by atoms with Crippen molar-refractivity contribution < 1.29 is 4.58 Å². The lowest BCUT2D eigenvalue weighted by Gasteiger charge is -2.33. The van der Waals surface area contributed by atoms with Gasteiger partial charge < -0.3 is 4.90 Å². The number of hydrogen-bond donors (Lipinski definition) is 0. The van der Waals surface area contributed by atoms with E-state index in [2.05, 4.69) is 127 Å². The fourth-order valence-electron chi connectivity index (χ4n) is 7.98. The van der Waals surface area contributed by atoms with E-state index in [4.69, 9.17) is 0 Å². The van der Waals surface area contributed by atoms with Crippen LogP contribution in [0.3, 0.4) is 0 Å². The van der Waals surface area contributed by atoms with Gasteiger partial charge in [-0.05, 0) is 91.9 Å². The molecule has 0 bridgehead atoms. The number of likely N-dealkylation sites (N-methyl/N-ethyl adjacent to an activating group) is 1. The average Bonchev–Trinajstić information content (AvgIpc) is 3.13. The van der Waals surface area contributed by atoms with Gasteiger partial charge in [0, 0.05) is 35.8 Å². The fraction of sp³-hybridized carbons (Fsp3) is 0.400. The molecule has 0 saturated heterocycles. The summed E-state index contributed by atoms with van der Waals surface area (Å²) in [6, 6.07) is 19.2. The molecule has 2 heterocycles. The molecule has 190 valence electrons. The summed E-state index contributed by atoms with van der Waals surface area (Å²) in [5.74, 6) is 0. The Kier molecular flexibility index (Phi) is 5.04. The van der Waals surface area contributed by atoms with Crippen molar-refractivity contribution in [2.24, 2.45) is 0 Å². The molecule has 4 aromatic rings. The minimum atomic E-state index is -0.0369. The van der Waals surface area contributed by atoms with Crippen LogP contribution in [0, 0.1) is 27.7 Å². The van der Waals surface area contributed by atoms with Crippen molar-refractivity contribution in [1.29, 1.82) is 0 Å². The molecule has 4 aromatic carbocycles. The van der Waals surface area contributed by atoms with Crippen molar-refractivity contribution >= 4 is 38.6 Å². The maximum Gasteiger partial charge on any atom is 0.209 e. The molecule has 0 saturated carbocycles. The molecule has 0 fully saturated rings. The molecule has 0 aliphatic carbocycles. The number of aryl methyl sites for hydroxylation is 4. The van der Waals surface area contributed by atoms with E-state index in [9.17, 15) is 0 Å². The van der Waals surface area contributed by atoms with E-state index in [0.717, 1.165) is 6.42 Å². The zero-order valence-corrected chi connectivity index (χ0v) is 24.3. The third-order valence-electron chi connectivity index (χ3n) is 9.75. The summed E-state index contributed by atoms with van der Waals surface area (Å²) in [6.07, 6.45) is 1.04. The van der Waals surface area contributed by atoms with Gasteiger partial charge >= 0.3 is 0 Å². The fourth-order valence-corrected chi connectivity index (χ4v) is 7.98. The maximum absolute atomic E-state index is 2.57. The number of hydrogen-bond acceptors (Lipinski definition) is 1. The second kappa shape index (κ2) is 7.69. The first-order valence-corrected chi connectivity index (χ1v) is 13.8. The number of nitrogens with zero attached hydrogens (tertiary/aromatic N) is 2. The standard InChI is InChI=1S/C35H41N2/c1-20-15-22(3)24-11-13-28-32(26(24)17-20)34(5,6)30(36(28)9)19-31-35(7,8)33-27-18-21(2)16-23(4)25(27)12-14-29(33)37(31)10/h11-18,30H,19H2,1-10H3/q+1. The molecule has 1 unspecified atom stereocenters. The Morgan fingerprint density at radius 1 is 0.730 bits per heavy atom. The second-order valence-corrected chi connectivity index (χ2v) is 13.0. The molecule has 2 nitrogen and oxygen atoms in total. The molecule has 0 N–H and O–H groups in total. The Morgan fingerprint density at radius 2 is 1.27 bits per heavy atom. The summed E-state index contributed by atoms with van der Waals surface area (Å²) in [7, 11) is 4.60. The molecule has 0 spiro atoms. The molecule has 0 radical (unpaired) electrons. The van der Waals surface area contributed by atoms with Crippen LogP contribution < -0.4 is 4.90 Å². The van der Waals surface area contributed by atoms with Crippen molar-refractivity contribution in [3.63, 3.8) is 0 Å². The molecule has 0 amide bonds. The smallest absolute Gasteiger partial charge is 0.209 e. The van der Waals surface area contributed by atoms with Gasteiger partial charge in [-0.1, -0.05) is 55.3 Å². The number of benzene rings is 4. The van der Waals surface area contributed by atoms with Gasteiger partial charge in [0.15, 0.2) is 5.71 Å². The van der Waals surface area contributed by atoms with Gasteiger partial charge in [-0.2, -0.15) is 0 Å². The zero-order valence-electron chi connectivity index (χ0n) is 24.3. The lowest BCUT2D eigenvalue weighted by atomic mass is 9.72. The highest BCUT2D eigenvalue weighted by molar-refractivity contribution is 6.04. The summed E-state index contributed by atoms with van der Waals surface area (Å²) >= 11 is 0. The number of fused-ring (bicyclic) bond motifs is 6. The first-order valence-electron chi connectivity index (χ1n) is 13.8. The highest BCUT2D eigenvalue weighted by Gasteiger charge is 2.51. The molecule has 6 rings (SSSR count). The van der Waals surface area contributed by atoms with E-state index < -0.39 is 0 Å². The number of rotatable bonds is 2. The zero-order chi connectivity index (χ0) is 26.6. The van der Waals surface area contributed by atoms with Crippen LogP contribution >= 0.6 is 0 Å². The Morgan fingerprint density at radius 3 is 1.86 bits per heavy atom. The van der Waals surface area contributed by atoms with Crippen LogP contribution in [0.1, 0.15) is 67.5 Å². The van der Waals surface area contributed by atoms with Gasteiger partial charge in [0.25, 0.3) is 0 Å². The lowest BCUT2D eigenvalue weighted by Crippen LogP contribution is -2.44. The third kappa shape index (κ3) is 3.20. The second-order valence-electron chi connectivity index (χ2n) is 13.0. The molecule has 1 atom stereocenters. The van der Waals surface area contributed by atoms with E-state index in [1.165, 1.54) is 72.0 Å². The van der Waals surface area contributed by atoms with Crippen LogP contribution in [0.4, 0.5) is 11.4 Å². The monoisotopic (exact) mass is 489 g/mol. The van der Waals surface area contributed by atoms with Gasteiger partial charge in [-0.25, -0.2) is 4.58 Å². The largest absolute Gasteiger partial charge is 0.370 e. The van der Waals surface area contributed by atoms with Crippen LogP contribution in [0.2, 0.25) is 0 Å². The van der Waals surface area contributed by atoms with Gasteiger partial charge in [0.1, 0.15) is 7.05 Å². The van der Waals surface area contributed by atoms with Crippen LogP contribution in [0.5, 0.6) is 0 Å². The first kappa shape index (κ1) is 24.2. The van der Waals surface area contributed by atoms with Crippen molar-refractivity contribution in [1.82, 2.24) is 0 Å². The van der Waals surface area contributed by atoms with Gasteiger partial charge in [-0.3, -0.25) is 0 Å². The summed E-state index contributed by atoms with van der Waals surface area (Å²) in [6.45, 7) is 18.8. The normalized spacial score (nSPS) is 19.7. The van der Waals surface area contributed by atoms with Crippen molar-refractivity contribution in [3.8, 4) is 0 Å². The molecule has 2 aliphatic heterocycles. The lowest BCUT2D eigenvalue weighted by molar-refractivity contribution is -0.404. The maximum atomic E-state index is 2.57. The van der Waals surface area contributed by atoms with E-state index in [0.29, 0.717) is 6.04 Å². The quantitative estimate of drug-likeness (QED) is 0.256. The highest BCUT2D eigenvalue weighted by atomic mass is 15.2. The van der Waals surface area contributed by atoms with Crippen molar-refractivity contribution in [3.05, 3.63) is 81.9 Å². The van der Waals surface area contributed by atoms with Crippen LogP contribution in [0.15, 0.2) is 48.5 Å². The Labute approximate surface area is 222 Å². The van der Waals surface area contributed by atoms with Crippen LogP contribution in [-0.2, 0) is 10.8 Å². The van der Waals surface area contributed by atoms with E-state index in [1.807, 2.05) is 0 Å². The summed E-state index contributed by atoms with van der Waals surface area (Å²) in [5, 5.41) is 5.62. The molecule has 0 aromatic heterocycles. The van der Waals surface area contributed by atoms with Gasteiger partial charge in [0.05, 0.1) is 11.8 Å². The topological polar surface area (TPSA) is 6.25 Å². The van der Waals surface area contributed by atoms with Gasteiger partial charge in [0.2, 0.25) is 5.69 Å². The predicted molar refractivity (Wildman–Crippen MR) is 161 cm³/mol. The Bertz CT molecular complexity index is 1660. The molecule has 2 aliphatic rings. The molecular formula is C35H41N2+. The highest BCUT2D eigenvalue weighted by Crippen LogP contribution is 2.52. The van der Waals surface area contributed by atoms with Crippen molar-refractivity contribution in [2.45, 2.75) is 78.7 Å². The van der Waals surface area contributed by atoms with E-state index in [-0.39, 0.29) is 10.8 Å². The SMILES string of the molecule is Cc1cc(C)c2ccc3c(c2c1)C(C)(C)C(CC1N(C)c2ccc4c(C)cc(C)cc4c2C1(C)C)=[N+]3C. The number of anilines is 1. The average molecular weight is 490 g/mol. The minimum Gasteiger partial charge on any atom is -0.370 e. The van der Waals surface area contributed by atoms with Gasteiger partial charge in [-0.15, -0.1) is 0 Å². The Balaban J connectivity index is 1.49. The summed E-state index contributed by atoms with van der Waals surface area (Å²) in [5.41, 5.74) is 12.7. The molecule has 37 heavy (non-hydrogen) atoms. The first-order chi connectivity index (χ1) is 17.3. The predicted octanol–water partition coefficient (Wildman–Crippen LogP) is 8.42. The summed E-state index contributed by atoms with van der Waals surface area (Å²) < 4.78 is 2.51. The summed E-state index contributed by atoms with van der Waals surface area (Å²) in [4.78, 5) is 2.57.